The first kappa shape index (κ1) is 19.0. The van der Waals surface area contributed by atoms with Crippen molar-refractivity contribution in [3.05, 3.63) is 16.2 Å². The predicted molar refractivity (Wildman–Crippen MR) is 93.8 cm³/mol. The van der Waals surface area contributed by atoms with E-state index in [1.165, 1.54) is 11.8 Å². The van der Waals surface area contributed by atoms with Gasteiger partial charge in [-0.15, -0.1) is 11.8 Å². The molecule has 1 N–H and O–H groups in total. The fourth-order valence-corrected chi connectivity index (χ4v) is 3.07. The number of nitrogens with zero attached hydrogens (tertiary/aromatic N) is 3. The Balaban J connectivity index is 2.20. The van der Waals surface area contributed by atoms with Crippen molar-refractivity contribution in [3.8, 4) is 0 Å². The van der Waals surface area contributed by atoms with Gasteiger partial charge in [-0.2, -0.15) is 0 Å². The third-order valence-corrected chi connectivity index (χ3v) is 4.49. The number of fused-ring (bicyclic) bond motifs is 1. The Morgan fingerprint density at radius 1 is 1.36 bits per heavy atom. The molecular formula is C15H20N4O5S. The molecule has 1 aromatic carbocycles. The zero-order chi connectivity index (χ0) is 18.2. The quantitative estimate of drug-likeness (QED) is 0.221. The average Bonchev–Trinajstić information content (AvgIpc) is 3.05. The first-order chi connectivity index (χ1) is 12.1. The van der Waals surface area contributed by atoms with Gasteiger partial charge in [0.1, 0.15) is 12.3 Å². The van der Waals surface area contributed by atoms with E-state index in [9.17, 15) is 14.9 Å². The highest BCUT2D eigenvalue weighted by molar-refractivity contribution is 7.99. The SMILES string of the molecule is CCCSc1cc(NCCOC(=O)CCC)c([N+](=O)[O-])c2nonc12. The van der Waals surface area contributed by atoms with Gasteiger partial charge in [0.05, 0.1) is 4.92 Å². The zero-order valence-corrected chi connectivity index (χ0v) is 14.9. The minimum atomic E-state index is -0.522. The summed E-state index contributed by atoms with van der Waals surface area (Å²) in [6, 6.07) is 1.67. The summed E-state index contributed by atoms with van der Waals surface area (Å²) in [6.07, 6.45) is 2.02. The highest BCUT2D eigenvalue weighted by Gasteiger charge is 2.25. The van der Waals surface area contributed by atoms with Gasteiger partial charge in [0, 0.05) is 17.9 Å². The van der Waals surface area contributed by atoms with Crippen LogP contribution in [0.15, 0.2) is 15.6 Å². The number of benzene rings is 1. The molecule has 1 aromatic heterocycles. The van der Waals surface area contributed by atoms with Crippen LogP contribution in [0, 0.1) is 10.1 Å². The van der Waals surface area contributed by atoms with Crippen LogP contribution in [-0.4, -0.2) is 40.1 Å². The molecule has 0 unspecified atom stereocenters. The Morgan fingerprint density at radius 3 is 2.80 bits per heavy atom. The van der Waals surface area contributed by atoms with Crippen LogP contribution in [0.5, 0.6) is 0 Å². The molecule has 0 fully saturated rings. The van der Waals surface area contributed by atoms with E-state index >= 15 is 0 Å². The highest BCUT2D eigenvalue weighted by Crippen LogP contribution is 2.38. The maximum absolute atomic E-state index is 11.4. The van der Waals surface area contributed by atoms with Gasteiger partial charge in [-0.1, -0.05) is 13.8 Å². The molecule has 0 aliphatic rings. The second kappa shape index (κ2) is 9.21. The number of nitrogens with one attached hydrogen (secondary N) is 1. The Bertz CT molecular complexity index is 749. The lowest BCUT2D eigenvalue weighted by Crippen LogP contribution is -2.14. The summed E-state index contributed by atoms with van der Waals surface area (Å²) in [7, 11) is 0. The second-order valence-electron chi connectivity index (χ2n) is 5.24. The molecule has 2 rings (SSSR count). The van der Waals surface area contributed by atoms with Crippen molar-refractivity contribution < 1.29 is 19.1 Å². The summed E-state index contributed by atoms with van der Waals surface area (Å²) in [5, 5.41) is 21.9. The minimum absolute atomic E-state index is 0.108. The van der Waals surface area contributed by atoms with Crippen LogP contribution >= 0.6 is 11.8 Å². The molecule has 1 heterocycles. The summed E-state index contributed by atoms with van der Waals surface area (Å²) >= 11 is 1.53. The molecule has 0 aliphatic heterocycles. The van der Waals surface area contributed by atoms with Gasteiger partial charge in [0.15, 0.2) is 5.52 Å². The molecule has 0 atom stereocenters. The summed E-state index contributed by atoms with van der Waals surface area (Å²) in [4.78, 5) is 23.0. The number of carbonyl (C=O) groups is 1. The van der Waals surface area contributed by atoms with E-state index in [4.69, 9.17) is 9.37 Å². The smallest absolute Gasteiger partial charge is 0.323 e. The van der Waals surface area contributed by atoms with Crippen LogP contribution in [-0.2, 0) is 9.53 Å². The molecule has 25 heavy (non-hydrogen) atoms. The van der Waals surface area contributed by atoms with E-state index in [2.05, 4.69) is 15.6 Å². The Kier molecular flexibility index (Phi) is 6.99. The predicted octanol–water partition coefficient (Wildman–Crippen LogP) is 3.39. The normalized spacial score (nSPS) is 10.8. The fraction of sp³-hybridized carbons (Fsp3) is 0.533. The number of aromatic nitrogens is 2. The van der Waals surface area contributed by atoms with E-state index in [0.717, 1.165) is 17.1 Å². The molecule has 0 amide bonds. The number of esters is 1. The number of rotatable bonds is 10. The lowest BCUT2D eigenvalue weighted by molar-refractivity contribution is -0.382. The van der Waals surface area contributed by atoms with Crippen molar-refractivity contribution in [2.24, 2.45) is 0 Å². The van der Waals surface area contributed by atoms with Crippen molar-refractivity contribution in [2.75, 3.05) is 24.2 Å². The number of anilines is 1. The summed E-state index contributed by atoms with van der Waals surface area (Å²) in [5.74, 6) is 0.558. The van der Waals surface area contributed by atoms with Gasteiger partial charge in [0.2, 0.25) is 5.52 Å². The number of ether oxygens (including phenoxy) is 1. The third kappa shape index (κ3) is 4.81. The molecule has 0 bridgehead atoms. The standard InChI is InChI=1S/C15H20N4O5S/c1-3-5-12(20)23-7-6-16-10-9-11(25-8-4-2)13-14(18-24-17-13)15(10)19(21)22/h9,16H,3-8H2,1-2H3. The average molecular weight is 368 g/mol. The van der Waals surface area contributed by atoms with Crippen LogP contribution in [0.4, 0.5) is 11.4 Å². The molecule has 0 radical (unpaired) electrons. The zero-order valence-electron chi connectivity index (χ0n) is 14.1. The molecule has 9 nitrogen and oxygen atoms in total. The van der Waals surface area contributed by atoms with Crippen LogP contribution in [0.3, 0.4) is 0 Å². The number of nitro groups is 1. The number of hydrogen-bond acceptors (Lipinski definition) is 9. The lowest BCUT2D eigenvalue weighted by atomic mass is 10.2. The van der Waals surface area contributed by atoms with E-state index in [1.54, 1.807) is 6.07 Å². The molecule has 0 saturated carbocycles. The summed E-state index contributed by atoms with van der Waals surface area (Å²) in [6.45, 7) is 4.31. The Morgan fingerprint density at radius 2 is 2.12 bits per heavy atom. The van der Waals surface area contributed by atoms with Crippen LogP contribution in [0.25, 0.3) is 11.0 Å². The third-order valence-electron chi connectivity index (χ3n) is 3.26. The van der Waals surface area contributed by atoms with Crippen LogP contribution < -0.4 is 5.32 Å². The molecule has 136 valence electrons. The van der Waals surface area contributed by atoms with Gasteiger partial charge >= 0.3 is 11.7 Å². The summed E-state index contributed by atoms with van der Waals surface area (Å²) in [5.41, 5.74) is 0.594. The lowest BCUT2D eigenvalue weighted by Gasteiger charge is -2.10. The number of hydrogen-bond donors (Lipinski definition) is 1. The number of nitro benzene ring substituents is 1. The first-order valence-electron chi connectivity index (χ1n) is 8.04. The maximum atomic E-state index is 11.4. The van der Waals surface area contributed by atoms with Crippen molar-refractivity contribution in [2.45, 2.75) is 38.0 Å². The minimum Gasteiger partial charge on any atom is -0.464 e. The van der Waals surface area contributed by atoms with E-state index < -0.39 is 4.92 Å². The van der Waals surface area contributed by atoms with Gasteiger partial charge in [0.25, 0.3) is 0 Å². The summed E-state index contributed by atoms with van der Waals surface area (Å²) < 4.78 is 9.75. The molecule has 2 aromatic rings. The molecular weight excluding hydrogens is 348 g/mol. The number of thioether (sulfide) groups is 1. The molecule has 0 spiro atoms. The number of carbonyl (C=O) groups excluding carboxylic acids is 1. The van der Waals surface area contributed by atoms with Gasteiger partial charge in [-0.25, -0.2) is 4.63 Å². The van der Waals surface area contributed by atoms with Gasteiger partial charge in [-0.3, -0.25) is 14.9 Å². The van der Waals surface area contributed by atoms with Crippen molar-refractivity contribution >= 4 is 40.1 Å². The highest BCUT2D eigenvalue weighted by atomic mass is 32.2. The largest absolute Gasteiger partial charge is 0.464 e. The van der Waals surface area contributed by atoms with E-state index in [0.29, 0.717) is 24.0 Å². The fourth-order valence-electron chi connectivity index (χ4n) is 2.17. The monoisotopic (exact) mass is 368 g/mol. The van der Waals surface area contributed by atoms with Crippen molar-refractivity contribution in [3.63, 3.8) is 0 Å². The van der Waals surface area contributed by atoms with Crippen molar-refractivity contribution in [1.29, 1.82) is 0 Å². The van der Waals surface area contributed by atoms with Crippen LogP contribution in [0.2, 0.25) is 0 Å². The molecule has 10 heteroatoms. The molecule has 0 saturated heterocycles. The first-order valence-corrected chi connectivity index (χ1v) is 9.03. The maximum Gasteiger partial charge on any atom is 0.323 e. The Hall–Kier alpha value is -2.36. The van der Waals surface area contributed by atoms with E-state index in [-0.39, 0.29) is 30.3 Å². The van der Waals surface area contributed by atoms with Gasteiger partial charge in [-0.05, 0) is 35.0 Å². The van der Waals surface area contributed by atoms with Crippen LogP contribution in [0.1, 0.15) is 33.1 Å². The van der Waals surface area contributed by atoms with Gasteiger partial charge < -0.3 is 10.1 Å². The van der Waals surface area contributed by atoms with E-state index in [1.807, 2.05) is 13.8 Å². The topological polar surface area (TPSA) is 120 Å². The second-order valence-corrected chi connectivity index (χ2v) is 6.37. The molecule has 0 aliphatic carbocycles. The van der Waals surface area contributed by atoms with Crippen molar-refractivity contribution in [1.82, 2.24) is 10.3 Å². The Labute approximate surface area is 148 Å².